The van der Waals surface area contributed by atoms with Gasteiger partial charge in [0.15, 0.2) is 0 Å². The number of nitrogens with zero attached hydrogens (tertiary/aromatic N) is 1. The summed E-state index contributed by atoms with van der Waals surface area (Å²) in [6.07, 6.45) is 2.90. The number of benzene rings is 2. The van der Waals surface area contributed by atoms with Crippen LogP contribution in [0, 0.1) is 6.92 Å². The molecule has 1 fully saturated rings. The number of amides is 2. The van der Waals surface area contributed by atoms with Crippen LogP contribution in [0.5, 0.6) is 0 Å². The SMILES string of the molecule is Cc1cccc(C(=O)N2CCC(NC(=O)CCc3ccccc3)CC2)c1. The van der Waals surface area contributed by atoms with Crippen LogP contribution in [0.15, 0.2) is 54.6 Å². The van der Waals surface area contributed by atoms with E-state index in [4.69, 9.17) is 0 Å². The highest BCUT2D eigenvalue weighted by atomic mass is 16.2. The third kappa shape index (κ3) is 4.94. The molecule has 2 amide bonds. The van der Waals surface area contributed by atoms with Gasteiger partial charge < -0.3 is 10.2 Å². The van der Waals surface area contributed by atoms with Gasteiger partial charge in [-0.2, -0.15) is 0 Å². The summed E-state index contributed by atoms with van der Waals surface area (Å²) in [7, 11) is 0. The van der Waals surface area contributed by atoms with Crippen LogP contribution in [-0.4, -0.2) is 35.8 Å². The van der Waals surface area contributed by atoms with Crippen molar-refractivity contribution in [3.8, 4) is 0 Å². The predicted octanol–water partition coefficient (Wildman–Crippen LogP) is 3.35. The molecule has 0 saturated carbocycles. The molecule has 2 aromatic carbocycles. The fourth-order valence-corrected chi connectivity index (χ4v) is 3.39. The summed E-state index contributed by atoms with van der Waals surface area (Å²) in [5.74, 6) is 0.180. The number of hydrogen-bond donors (Lipinski definition) is 1. The molecule has 0 atom stereocenters. The van der Waals surface area contributed by atoms with Crippen molar-refractivity contribution in [1.82, 2.24) is 10.2 Å². The molecule has 0 unspecified atom stereocenters. The first-order valence-electron chi connectivity index (χ1n) is 9.31. The molecule has 26 heavy (non-hydrogen) atoms. The summed E-state index contributed by atoms with van der Waals surface area (Å²) < 4.78 is 0. The Bertz CT molecular complexity index is 750. The van der Waals surface area contributed by atoms with E-state index in [1.165, 1.54) is 5.56 Å². The van der Waals surface area contributed by atoms with Crippen LogP contribution in [0.25, 0.3) is 0 Å². The topological polar surface area (TPSA) is 49.4 Å². The largest absolute Gasteiger partial charge is 0.353 e. The smallest absolute Gasteiger partial charge is 0.253 e. The molecule has 3 rings (SSSR count). The first-order valence-corrected chi connectivity index (χ1v) is 9.31. The van der Waals surface area contributed by atoms with Crippen molar-refractivity contribution in [3.63, 3.8) is 0 Å². The van der Waals surface area contributed by atoms with Gasteiger partial charge >= 0.3 is 0 Å². The average molecular weight is 350 g/mol. The number of nitrogens with one attached hydrogen (secondary N) is 1. The minimum absolute atomic E-state index is 0.0857. The Labute approximate surface area is 155 Å². The minimum Gasteiger partial charge on any atom is -0.353 e. The van der Waals surface area contributed by atoms with Gasteiger partial charge in [0.25, 0.3) is 5.91 Å². The van der Waals surface area contributed by atoms with Crippen LogP contribution in [0.3, 0.4) is 0 Å². The van der Waals surface area contributed by atoms with Crippen molar-refractivity contribution < 1.29 is 9.59 Å². The Morgan fingerprint density at radius 3 is 2.46 bits per heavy atom. The van der Waals surface area contributed by atoms with Crippen molar-refractivity contribution in [3.05, 3.63) is 71.3 Å². The molecule has 1 heterocycles. The maximum atomic E-state index is 12.6. The van der Waals surface area contributed by atoms with E-state index in [1.54, 1.807) is 0 Å². The second kappa shape index (κ2) is 8.65. The van der Waals surface area contributed by atoms with E-state index in [-0.39, 0.29) is 17.9 Å². The molecule has 136 valence electrons. The molecule has 1 aliphatic rings. The number of aryl methyl sites for hydroxylation is 2. The summed E-state index contributed by atoms with van der Waals surface area (Å²) in [5.41, 5.74) is 3.02. The molecule has 1 N–H and O–H groups in total. The van der Waals surface area contributed by atoms with Gasteiger partial charge in [-0.25, -0.2) is 0 Å². The van der Waals surface area contributed by atoms with E-state index in [2.05, 4.69) is 5.32 Å². The Kier molecular flexibility index (Phi) is 6.05. The van der Waals surface area contributed by atoms with Crippen LogP contribution in [0.2, 0.25) is 0 Å². The molecule has 4 heteroatoms. The Hall–Kier alpha value is -2.62. The van der Waals surface area contributed by atoms with Crippen molar-refractivity contribution in [2.45, 2.75) is 38.6 Å². The van der Waals surface area contributed by atoms with Crippen LogP contribution < -0.4 is 5.32 Å². The third-order valence-corrected chi connectivity index (χ3v) is 4.90. The molecule has 0 aromatic heterocycles. The van der Waals surface area contributed by atoms with Crippen LogP contribution in [-0.2, 0) is 11.2 Å². The lowest BCUT2D eigenvalue weighted by Gasteiger charge is -2.32. The van der Waals surface area contributed by atoms with Gasteiger partial charge in [0, 0.05) is 31.1 Å². The quantitative estimate of drug-likeness (QED) is 0.899. The molecule has 0 spiro atoms. The third-order valence-electron chi connectivity index (χ3n) is 4.90. The van der Waals surface area contributed by atoms with E-state index in [0.717, 1.165) is 30.4 Å². The Morgan fingerprint density at radius 2 is 1.77 bits per heavy atom. The lowest BCUT2D eigenvalue weighted by molar-refractivity contribution is -0.122. The zero-order chi connectivity index (χ0) is 18.4. The van der Waals surface area contributed by atoms with E-state index in [0.29, 0.717) is 19.5 Å². The zero-order valence-electron chi connectivity index (χ0n) is 15.3. The van der Waals surface area contributed by atoms with Crippen LogP contribution in [0.1, 0.15) is 40.7 Å². The molecule has 4 nitrogen and oxygen atoms in total. The summed E-state index contributed by atoms with van der Waals surface area (Å²) in [5, 5.41) is 3.12. The lowest BCUT2D eigenvalue weighted by atomic mass is 10.0. The Morgan fingerprint density at radius 1 is 1.04 bits per heavy atom. The monoisotopic (exact) mass is 350 g/mol. The highest BCUT2D eigenvalue weighted by Gasteiger charge is 2.24. The zero-order valence-corrected chi connectivity index (χ0v) is 15.3. The Balaban J connectivity index is 1.43. The number of carbonyl (C=O) groups excluding carboxylic acids is 2. The van der Waals surface area contributed by atoms with Gasteiger partial charge in [-0.3, -0.25) is 9.59 Å². The van der Waals surface area contributed by atoms with Gasteiger partial charge in [-0.05, 0) is 43.9 Å². The molecule has 1 saturated heterocycles. The van der Waals surface area contributed by atoms with Gasteiger partial charge in [0.1, 0.15) is 0 Å². The fraction of sp³-hybridized carbons (Fsp3) is 0.364. The maximum absolute atomic E-state index is 12.6. The number of rotatable bonds is 5. The van der Waals surface area contributed by atoms with Crippen molar-refractivity contribution in [2.75, 3.05) is 13.1 Å². The van der Waals surface area contributed by atoms with Gasteiger partial charge in [-0.15, -0.1) is 0 Å². The molecular formula is C22H26N2O2. The number of carbonyl (C=O) groups is 2. The van der Waals surface area contributed by atoms with E-state index < -0.39 is 0 Å². The first-order chi connectivity index (χ1) is 12.6. The standard InChI is InChI=1S/C22H26N2O2/c1-17-6-5-9-19(16-17)22(26)24-14-12-20(13-15-24)23-21(25)11-10-18-7-3-2-4-8-18/h2-9,16,20H,10-15H2,1H3,(H,23,25). The van der Waals surface area contributed by atoms with Crippen LogP contribution in [0.4, 0.5) is 0 Å². The second-order valence-corrected chi connectivity index (χ2v) is 6.99. The molecule has 1 aliphatic heterocycles. The lowest BCUT2D eigenvalue weighted by Crippen LogP contribution is -2.46. The second-order valence-electron chi connectivity index (χ2n) is 6.99. The summed E-state index contributed by atoms with van der Waals surface area (Å²) in [6.45, 7) is 3.38. The van der Waals surface area contributed by atoms with Crippen molar-refractivity contribution >= 4 is 11.8 Å². The molecule has 0 aliphatic carbocycles. The van der Waals surface area contributed by atoms with Crippen molar-refractivity contribution in [1.29, 1.82) is 0 Å². The van der Waals surface area contributed by atoms with Gasteiger partial charge in [-0.1, -0.05) is 48.0 Å². The molecule has 2 aromatic rings. The highest BCUT2D eigenvalue weighted by molar-refractivity contribution is 5.94. The normalized spacial score (nSPS) is 14.9. The van der Waals surface area contributed by atoms with E-state index in [9.17, 15) is 9.59 Å². The predicted molar refractivity (Wildman–Crippen MR) is 103 cm³/mol. The van der Waals surface area contributed by atoms with Crippen LogP contribution >= 0.6 is 0 Å². The minimum atomic E-state index is 0.0857. The van der Waals surface area contributed by atoms with Crippen molar-refractivity contribution in [2.24, 2.45) is 0 Å². The molecular weight excluding hydrogens is 324 g/mol. The fourth-order valence-electron chi connectivity index (χ4n) is 3.39. The summed E-state index contributed by atoms with van der Waals surface area (Å²) in [4.78, 5) is 26.6. The average Bonchev–Trinajstić information content (AvgIpc) is 2.67. The number of piperidine rings is 1. The molecule has 0 radical (unpaired) electrons. The summed E-state index contributed by atoms with van der Waals surface area (Å²) in [6, 6.07) is 17.9. The summed E-state index contributed by atoms with van der Waals surface area (Å²) >= 11 is 0. The molecule has 0 bridgehead atoms. The van der Waals surface area contributed by atoms with E-state index in [1.807, 2.05) is 66.4 Å². The van der Waals surface area contributed by atoms with E-state index >= 15 is 0 Å². The number of hydrogen-bond acceptors (Lipinski definition) is 2. The first kappa shape index (κ1) is 18.2. The van der Waals surface area contributed by atoms with Gasteiger partial charge in [0.05, 0.1) is 0 Å². The maximum Gasteiger partial charge on any atom is 0.253 e. The highest BCUT2D eigenvalue weighted by Crippen LogP contribution is 2.15. The van der Waals surface area contributed by atoms with Gasteiger partial charge in [0.2, 0.25) is 5.91 Å². The number of likely N-dealkylation sites (tertiary alicyclic amines) is 1.